The molecule has 0 fully saturated rings. The van der Waals surface area contributed by atoms with Gasteiger partial charge in [-0.15, -0.1) is 0 Å². The molecule has 0 unspecified atom stereocenters. The molecule has 1 aromatic heterocycles. The van der Waals surface area contributed by atoms with Crippen LogP contribution in [0.4, 0.5) is 8.78 Å². The molecule has 0 bridgehead atoms. The van der Waals surface area contributed by atoms with Crippen LogP contribution in [0, 0.1) is 11.6 Å². The van der Waals surface area contributed by atoms with Gasteiger partial charge in [0.25, 0.3) is 0 Å². The van der Waals surface area contributed by atoms with Gasteiger partial charge in [0.2, 0.25) is 0 Å². The van der Waals surface area contributed by atoms with Gasteiger partial charge in [-0.25, -0.2) is 8.78 Å². The Kier molecular flexibility index (Phi) is 3.75. The molecule has 0 radical (unpaired) electrons. The second kappa shape index (κ2) is 5.48. The van der Waals surface area contributed by atoms with E-state index in [1.54, 1.807) is 6.07 Å². The Hall–Kier alpha value is -2.43. The van der Waals surface area contributed by atoms with Gasteiger partial charge in [0.1, 0.15) is 0 Å². The molecule has 0 spiro atoms. The van der Waals surface area contributed by atoms with E-state index in [1.807, 2.05) is 0 Å². The van der Waals surface area contributed by atoms with Crippen molar-refractivity contribution in [1.82, 2.24) is 4.98 Å². The number of rotatable bonds is 4. The highest BCUT2D eigenvalue weighted by Crippen LogP contribution is 2.14. The Bertz CT molecular complexity index is 627. The summed E-state index contributed by atoms with van der Waals surface area (Å²) < 4.78 is 26.4. The van der Waals surface area contributed by atoms with Crippen molar-refractivity contribution >= 4 is 11.6 Å². The molecule has 19 heavy (non-hydrogen) atoms. The number of hydrogen-bond donors (Lipinski definition) is 0. The first-order valence-corrected chi connectivity index (χ1v) is 5.50. The van der Waals surface area contributed by atoms with Crippen LogP contribution in [-0.2, 0) is 0 Å². The highest BCUT2D eigenvalue weighted by atomic mass is 19.2. The number of ketones is 2. The minimum absolute atomic E-state index is 0.257. The zero-order valence-corrected chi connectivity index (χ0v) is 9.77. The fourth-order valence-corrected chi connectivity index (χ4v) is 1.59. The van der Waals surface area contributed by atoms with Gasteiger partial charge in [0, 0.05) is 18.0 Å². The van der Waals surface area contributed by atoms with E-state index >= 15 is 0 Å². The number of carbonyl (C=O) groups is 2. The number of hydrogen-bond acceptors (Lipinski definition) is 3. The van der Waals surface area contributed by atoms with Gasteiger partial charge in [-0.05, 0) is 24.3 Å². The summed E-state index contributed by atoms with van der Waals surface area (Å²) >= 11 is 0. The average molecular weight is 261 g/mol. The molecule has 2 aromatic rings. The Morgan fingerprint density at radius 1 is 1.05 bits per heavy atom. The second-order valence-electron chi connectivity index (χ2n) is 3.87. The van der Waals surface area contributed by atoms with Crippen LogP contribution in [0.3, 0.4) is 0 Å². The number of halogens is 2. The van der Waals surface area contributed by atoms with E-state index in [1.165, 1.54) is 24.5 Å². The molecule has 0 amide bonds. The first-order valence-electron chi connectivity index (χ1n) is 5.50. The predicted octanol–water partition coefficient (Wildman–Crippen LogP) is 2.82. The van der Waals surface area contributed by atoms with Crippen molar-refractivity contribution in [3.05, 3.63) is 65.5 Å². The Morgan fingerprint density at radius 2 is 1.84 bits per heavy atom. The molecule has 0 saturated carbocycles. The standard InChI is InChI=1S/C14H9F2NO2/c15-11-5-1-4-10(14(11)16)13(19)7-12(18)9-3-2-6-17-8-9/h1-6,8H,7H2. The maximum absolute atomic E-state index is 13.4. The maximum atomic E-state index is 13.4. The van der Waals surface area contributed by atoms with Crippen molar-refractivity contribution in [2.24, 2.45) is 0 Å². The number of pyridine rings is 1. The number of benzene rings is 1. The summed E-state index contributed by atoms with van der Waals surface area (Å²) in [6.07, 6.45) is 2.29. The van der Waals surface area contributed by atoms with E-state index in [-0.39, 0.29) is 5.56 Å². The fraction of sp³-hybridized carbons (Fsp3) is 0.0714. The third-order valence-electron chi connectivity index (χ3n) is 2.56. The first kappa shape index (κ1) is 13.0. The Labute approximate surface area is 107 Å². The van der Waals surface area contributed by atoms with Gasteiger partial charge < -0.3 is 0 Å². The molecule has 0 N–H and O–H groups in total. The number of carbonyl (C=O) groups excluding carboxylic acids is 2. The largest absolute Gasteiger partial charge is 0.294 e. The van der Waals surface area contributed by atoms with E-state index in [0.717, 1.165) is 12.1 Å². The van der Waals surface area contributed by atoms with Crippen LogP contribution >= 0.6 is 0 Å². The third kappa shape index (κ3) is 2.88. The summed E-state index contributed by atoms with van der Waals surface area (Å²) in [7, 11) is 0. The highest BCUT2D eigenvalue weighted by Gasteiger charge is 2.18. The Balaban J connectivity index is 2.18. The van der Waals surface area contributed by atoms with Crippen LogP contribution in [0.25, 0.3) is 0 Å². The van der Waals surface area contributed by atoms with E-state index in [4.69, 9.17) is 0 Å². The molecule has 0 aliphatic rings. The van der Waals surface area contributed by atoms with E-state index in [0.29, 0.717) is 0 Å². The second-order valence-corrected chi connectivity index (χ2v) is 3.87. The summed E-state index contributed by atoms with van der Waals surface area (Å²) in [6, 6.07) is 6.34. The highest BCUT2D eigenvalue weighted by molar-refractivity contribution is 6.13. The zero-order valence-electron chi connectivity index (χ0n) is 9.77. The van der Waals surface area contributed by atoms with Crippen molar-refractivity contribution < 1.29 is 18.4 Å². The maximum Gasteiger partial charge on any atom is 0.173 e. The topological polar surface area (TPSA) is 47.0 Å². The van der Waals surface area contributed by atoms with Gasteiger partial charge >= 0.3 is 0 Å². The SMILES string of the molecule is O=C(CC(=O)c1cccc(F)c1F)c1cccnc1. The molecule has 2 rings (SSSR count). The lowest BCUT2D eigenvalue weighted by Crippen LogP contribution is -2.11. The minimum atomic E-state index is -1.23. The molecule has 96 valence electrons. The summed E-state index contributed by atoms with van der Waals surface area (Å²) in [6.45, 7) is 0. The normalized spacial score (nSPS) is 10.2. The summed E-state index contributed by atoms with van der Waals surface area (Å²) in [5, 5.41) is 0. The van der Waals surface area contributed by atoms with Gasteiger partial charge in [-0.2, -0.15) is 0 Å². The average Bonchev–Trinajstić information content (AvgIpc) is 2.42. The fourth-order valence-electron chi connectivity index (χ4n) is 1.59. The Morgan fingerprint density at radius 3 is 2.53 bits per heavy atom. The smallest absolute Gasteiger partial charge is 0.173 e. The molecular formula is C14H9F2NO2. The molecule has 0 aliphatic carbocycles. The van der Waals surface area contributed by atoms with Gasteiger partial charge in [0.05, 0.1) is 12.0 Å². The van der Waals surface area contributed by atoms with Gasteiger partial charge in [0.15, 0.2) is 23.2 Å². The van der Waals surface area contributed by atoms with Gasteiger partial charge in [-0.3, -0.25) is 14.6 Å². The van der Waals surface area contributed by atoms with Crippen molar-refractivity contribution in [1.29, 1.82) is 0 Å². The first-order chi connectivity index (χ1) is 9.09. The number of nitrogens with zero attached hydrogens (tertiary/aromatic N) is 1. The number of Topliss-reactive ketones (excluding diaryl/α,β-unsaturated/α-hetero) is 2. The monoisotopic (exact) mass is 261 g/mol. The number of aromatic nitrogens is 1. The lowest BCUT2D eigenvalue weighted by atomic mass is 10.0. The summed E-state index contributed by atoms with van der Waals surface area (Å²) in [5.41, 5.74) is -0.162. The van der Waals surface area contributed by atoms with Crippen molar-refractivity contribution in [3.8, 4) is 0 Å². The third-order valence-corrected chi connectivity index (χ3v) is 2.56. The van der Waals surface area contributed by atoms with Crippen LogP contribution in [0.1, 0.15) is 27.1 Å². The molecule has 1 aromatic carbocycles. The van der Waals surface area contributed by atoms with Crippen LogP contribution in [-0.4, -0.2) is 16.6 Å². The lowest BCUT2D eigenvalue weighted by Gasteiger charge is -2.03. The van der Waals surface area contributed by atoms with Crippen molar-refractivity contribution in [2.75, 3.05) is 0 Å². The minimum Gasteiger partial charge on any atom is -0.294 e. The van der Waals surface area contributed by atoms with Crippen LogP contribution in [0.2, 0.25) is 0 Å². The molecule has 5 heteroatoms. The predicted molar refractivity (Wildman–Crippen MR) is 63.9 cm³/mol. The van der Waals surface area contributed by atoms with E-state index in [2.05, 4.69) is 4.98 Å². The molecule has 1 heterocycles. The van der Waals surface area contributed by atoms with Crippen LogP contribution in [0.5, 0.6) is 0 Å². The molecule has 0 atom stereocenters. The van der Waals surface area contributed by atoms with Crippen LogP contribution < -0.4 is 0 Å². The quantitative estimate of drug-likeness (QED) is 0.628. The molecular weight excluding hydrogens is 252 g/mol. The lowest BCUT2D eigenvalue weighted by molar-refractivity contribution is 0.0891. The van der Waals surface area contributed by atoms with E-state index < -0.39 is 35.2 Å². The van der Waals surface area contributed by atoms with Crippen LogP contribution in [0.15, 0.2) is 42.7 Å². The van der Waals surface area contributed by atoms with Gasteiger partial charge in [-0.1, -0.05) is 6.07 Å². The molecule has 3 nitrogen and oxygen atoms in total. The zero-order chi connectivity index (χ0) is 13.8. The summed E-state index contributed by atoms with van der Waals surface area (Å²) in [4.78, 5) is 27.3. The molecule has 0 saturated heterocycles. The van der Waals surface area contributed by atoms with E-state index in [9.17, 15) is 18.4 Å². The van der Waals surface area contributed by atoms with Crippen molar-refractivity contribution in [2.45, 2.75) is 6.42 Å². The molecule has 0 aliphatic heterocycles. The summed E-state index contributed by atoms with van der Waals surface area (Å²) in [5.74, 6) is -3.58. The van der Waals surface area contributed by atoms with Crippen molar-refractivity contribution in [3.63, 3.8) is 0 Å².